The topological polar surface area (TPSA) is 47.3 Å². The van der Waals surface area contributed by atoms with Crippen LogP contribution in [0.2, 0.25) is 0 Å². The fraction of sp³-hybridized carbons (Fsp3) is 0.400. The highest BCUT2D eigenvalue weighted by atomic mass is 16.5. The lowest BCUT2D eigenvalue weighted by Gasteiger charge is -2.10. The Hall–Kier alpha value is -1.81. The second-order valence-electron chi connectivity index (χ2n) is 4.68. The van der Waals surface area contributed by atoms with Crippen LogP contribution in [0.15, 0.2) is 18.2 Å². The molecule has 0 aliphatic carbocycles. The number of aromatic nitrogens is 2. The molecule has 0 unspecified atom stereocenters. The molecule has 1 aromatic heterocycles. The van der Waals surface area contributed by atoms with Gasteiger partial charge in [-0.05, 0) is 37.6 Å². The molecular weight excluding hydrogens is 240 g/mol. The van der Waals surface area contributed by atoms with Crippen molar-refractivity contribution < 1.29 is 9.84 Å². The van der Waals surface area contributed by atoms with Gasteiger partial charge in [0.05, 0.1) is 25.1 Å². The smallest absolute Gasteiger partial charge is 0.121 e. The van der Waals surface area contributed by atoms with Gasteiger partial charge in [0.15, 0.2) is 0 Å². The molecule has 19 heavy (non-hydrogen) atoms. The Morgan fingerprint density at radius 3 is 2.63 bits per heavy atom. The van der Waals surface area contributed by atoms with E-state index in [4.69, 9.17) is 9.84 Å². The Balaban J connectivity index is 2.49. The number of rotatable bonds is 4. The standard InChI is InChI=1S/C15H20N2O2/c1-10-9-12(5-6-13(10)19-4)15-11(2)16-14(7-8-18)17(15)3/h5-6,9,18H,7-8H2,1-4H3. The molecule has 2 aromatic rings. The van der Waals surface area contributed by atoms with Crippen LogP contribution in [0, 0.1) is 13.8 Å². The zero-order chi connectivity index (χ0) is 14.0. The van der Waals surface area contributed by atoms with Crippen molar-refractivity contribution in [3.05, 3.63) is 35.3 Å². The second-order valence-corrected chi connectivity index (χ2v) is 4.68. The van der Waals surface area contributed by atoms with Crippen molar-refractivity contribution in [3.8, 4) is 17.0 Å². The molecule has 0 saturated heterocycles. The summed E-state index contributed by atoms with van der Waals surface area (Å²) in [5.41, 5.74) is 4.30. The van der Waals surface area contributed by atoms with Gasteiger partial charge in [-0.25, -0.2) is 4.98 Å². The van der Waals surface area contributed by atoms with Gasteiger partial charge in [-0.1, -0.05) is 0 Å². The molecule has 4 heteroatoms. The van der Waals surface area contributed by atoms with Crippen molar-refractivity contribution in [1.29, 1.82) is 0 Å². The van der Waals surface area contributed by atoms with Crippen molar-refractivity contribution in [3.63, 3.8) is 0 Å². The summed E-state index contributed by atoms with van der Waals surface area (Å²) in [6, 6.07) is 6.12. The number of aryl methyl sites for hydroxylation is 2. The summed E-state index contributed by atoms with van der Waals surface area (Å²) in [6.07, 6.45) is 0.576. The Morgan fingerprint density at radius 1 is 1.32 bits per heavy atom. The average Bonchev–Trinajstić information content (AvgIpc) is 2.65. The molecule has 0 radical (unpaired) electrons. The summed E-state index contributed by atoms with van der Waals surface area (Å²) in [4.78, 5) is 4.52. The lowest BCUT2D eigenvalue weighted by atomic mass is 10.1. The van der Waals surface area contributed by atoms with E-state index in [-0.39, 0.29) is 6.61 Å². The number of imidazole rings is 1. The van der Waals surface area contributed by atoms with E-state index in [9.17, 15) is 0 Å². The maximum atomic E-state index is 9.06. The highest BCUT2D eigenvalue weighted by molar-refractivity contribution is 5.65. The summed E-state index contributed by atoms with van der Waals surface area (Å²) in [5, 5.41) is 9.06. The molecule has 4 nitrogen and oxygen atoms in total. The van der Waals surface area contributed by atoms with E-state index in [1.54, 1.807) is 7.11 Å². The lowest BCUT2D eigenvalue weighted by Crippen LogP contribution is -2.02. The Morgan fingerprint density at radius 2 is 2.05 bits per heavy atom. The second kappa shape index (κ2) is 5.45. The number of ether oxygens (including phenoxy) is 1. The van der Waals surface area contributed by atoms with Gasteiger partial charge < -0.3 is 14.4 Å². The summed E-state index contributed by atoms with van der Waals surface area (Å²) in [5.74, 6) is 1.79. The van der Waals surface area contributed by atoms with Crippen molar-refractivity contribution >= 4 is 0 Å². The monoisotopic (exact) mass is 260 g/mol. The van der Waals surface area contributed by atoms with E-state index < -0.39 is 0 Å². The van der Waals surface area contributed by atoms with E-state index in [2.05, 4.69) is 11.1 Å². The van der Waals surface area contributed by atoms with Gasteiger partial charge in [0.2, 0.25) is 0 Å². The fourth-order valence-electron chi connectivity index (χ4n) is 2.45. The zero-order valence-corrected chi connectivity index (χ0v) is 11.9. The van der Waals surface area contributed by atoms with Crippen molar-refractivity contribution in [2.75, 3.05) is 13.7 Å². The largest absolute Gasteiger partial charge is 0.496 e. The third-order valence-corrected chi connectivity index (χ3v) is 3.37. The van der Waals surface area contributed by atoms with Gasteiger partial charge in [-0.2, -0.15) is 0 Å². The number of aliphatic hydroxyl groups excluding tert-OH is 1. The lowest BCUT2D eigenvalue weighted by molar-refractivity contribution is 0.295. The van der Waals surface area contributed by atoms with Crippen molar-refractivity contribution in [1.82, 2.24) is 9.55 Å². The van der Waals surface area contributed by atoms with Crippen LogP contribution in [0.1, 0.15) is 17.1 Å². The Bertz CT molecular complexity index is 588. The first-order chi connectivity index (χ1) is 9.08. The van der Waals surface area contributed by atoms with Crippen LogP contribution < -0.4 is 4.74 Å². The number of benzene rings is 1. The average molecular weight is 260 g/mol. The summed E-state index contributed by atoms with van der Waals surface area (Å²) in [6.45, 7) is 4.14. The molecule has 2 rings (SSSR count). The summed E-state index contributed by atoms with van der Waals surface area (Å²) >= 11 is 0. The van der Waals surface area contributed by atoms with Gasteiger partial charge in [0.25, 0.3) is 0 Å². The number of hydrogen-bond acceptors (Lipinski definition) is 3. The maximum Gasteiger partial charge on any atom is 0.121 e. The van der Waals surface area contributed by atoms with Gasteiger partial charge in [-0.15, -0.1) is 0 Å². The SMILES string of the molecule is COc1ccc(-c2c(C)nc(CCO)n2C)cc1C. The molecule has 0 saturated carbocycles. The summed E-state index contributed by atoms with van der Waals surface area (Å²) in [7, 11) is 3.66. The number of aliphatic hydroxyl groups is 1. The molecule has 0 aliphatic heterocycles. The van der Waals surface area contributed by atoms with Crippen LogP contribution in [0.4, 0.5) is 0 Å². The quantitative estimate of drug-likeness (QED) is 0.917. The molecule has 1 N–H and O–H groups in total. The van der Waals surface area contributed by atoms with Crippen LogP contribution in [-0.4, -0.2) is 28.4 Å². The third-order valence-electron chi connectivity index (χ3n) is 3.37. The first kappa shape index (κ1) is 13.6. The molecule has 0 atom stereocenters. The highest BCUT2D eigenvalue weighted by Gasteiger charge is 2.13. The Labute approximate surface area is 113 Å². The molecule has 0 fully saturated rings. The first-order valence-electron chi connectivity index (χ1n) is 6.36. The van der Waals surface area contributed by atoms with Crippen LogP contribution in [-0.2, 0) is 13.5 Å². The third kappa shape index (κ3) is 2.49. The minimum atomic E-state index is 0.116. The predicted octanol–water partition coefficient (Wildman–Crippen LogP) is 2.25. The van der Waals surface area contributed by atoms with Gasteiger partial charge >= 0.3 is 0 Å². The normalized spacial score (nSPS) is 10.8. The van der Waals surface area contributed by atoms with Crippen LogP contribution in [0.5, 0.6) is 5.75 Å². The molecule has 0 amide bonds. The minimum Gasteiger partial charge on any atom is -0.496 e. The van der Waals surface area contributed by atoms with E-state index in [0.29, 0.717) is 6.42 Å². The molecule has 0 bridgehead atoms. The Kier molecular flexibility index (Phi) is 3.90. The van der Waals surface area contributed by atoms with Gasteiger partial charge in [0, 0.05) is 19.0 Å². The minimum absolute atomic E-state index is 0.116. The number of hydrogen-bond donors (Lipinski definition) is 1. The number of methoxy groups -OCH3 is 1. The molecule has 1 heterocycles. The summed E-state index contributed by atoms with van der Waals surface area (Å²) < 4.78 is 7.33. The number of nitrogens with zero attached hydrogens (tertiary/aromatic N) is 2. The van der Waals surface area contributed by atoms with E-state index in [1.165, 1.54) is 0 Å². The maximum absolute atomic E-state index is 9.06. The van der Waals surface area contributed by atoms with Gasteiger partial charge in [-0.3, -0.25) is 0 Å². The van der Waals surface area contributed by atoms with E-state index in [0.717, 1.165) is 34.1 Å². The van der Waals surface area contributed by atoms with Crippen LogP contribution >= 0.6 is 0 Å². The molecule has 102 valence electrons. The molecular formula is C15H20N2O2. The first-order valence-corrected chi connectivity index (χ1v) is 6.36. The van der Waals surface area contributed by atoms with Crippen LogP contribution in [0.3, 0.4) is 0 Å². The zero-order valence-electron chi connectivity index (χ0n) is 11.9. The van der Waals surface area contributed by atoms with E-state index in [1.807, 2.05) is 37.6 Å². The van der Waals surface area contributed by atoms with E-state index >= 15 is 0 Å². The molecule has 0 aliphatic rings. The predicted molar refractivity (Wildman–Crippen MR) is 75.5 cm³/mol. The molecule has 0 spiro atoms. The van der Waals surface area contributed by atoms with Gasteiger partial charge in [0.1, 0.15) is 11.6 Å². The van der Waals surface area contributed by atoms with Crippen LogP contribution in [0.25, 0.3) is 11.3 Å². The fourth-order valence-corrected chi connectivity index (χ4v) is 2.45. The molecule has 1 aromatic carbocycles. The van der Waals surface area contributed by atoms with Crippen molar-refractivity contribution in [2.24, 2.45) is 7.05 Å². The van der Waals surface area contributed by atoms with Crippen molar-refractivity contribution in [2.45, 2.75) is 20.3 Å². The highest BCUT2D eigenvalue weighted by Crippen LogP contribution is 2.28.